The zero-order valence-corrected chi connectivity index (χ0v) is 8.66. The Labute approximate surface area is 83.7 Å². The zero-order valence-electron chi connectivity index (χ0n) is 8.66. The number of hydrogen-bond acceptors (Lipinski definition) is 3. The summed E-state index contributed by atoms with van der Waals surface area (Å²) in [7, 11) is 1.62. The molecule has 0 spiro atoms. The quantitative estimate of drug-likeness (QED) is 0.751. The fourth-order valence-corrected chi connectivity index (χ4v) is 1.17. The van der Waals surface area contributed by atoms with Gasteiger partial charge in [-0.3, -0.25) is 9.78 Å². The highest BCUT2D eigenvalue weighted by Crippen LogP contribution is 2.08. The molecule has 4 heteroatoms. The lowest BCUT2D eigenvalue weighted by Crippen LogP contribution is -2.35. The van der Waals surface area contributed by atoms with Gasteiger partial charge in [-0.1, -0.05) is 0 Å². The van der Waals surface area contributed by atoms with E-state index in [4.69, 9.17) is 0 Å². The van der Waals surface area contributed by atoms with Crippen molar-refractivity contribution in [3.8, 4) is 0 Å². The van der Waals surface area contributed by atoms with Gasteiger partial charge in [-0.15, -0.1) is 0 Å². The predicted octanol–water partition coefficient (Wildman–Crippen LogP) is 0.936. The average Bonchev–Trinajstić information content (AvgIpc) is 2.16. The van der Waals surface area contributed by atoms with Gasteiger partial charge in [0.2, 0.25) is 5.91 Å². The third kappa shape index (κ3) is 2.73. The molecule has 0 aromatic carbocycles. The number of hydrogen-bond donors (Lipinski definition) is 2. The highest BCUT2D eigenvalue weighted by Gasteiger charge is 2.09. The monoisotopic (exact) mass is 193 g/mol. The Morgan fingerprint density at radius 3 is 2.86 bits per heavy atom. The lowest BCUT2D eigenvalue weighted by molar-refractivity contribution is -0.121. The Morgan fingerprint density at radius 1 is 1.57 bits per heavy atom. The van der Waals surface area contributed by atoms with E-state index < -0.39 is 0 Å². The van der Waals surface area contributed by atoms with E-state index in [1.165, 1.54) is 0 Å². The molecule has 1 amide bonds. The number of carbonyl (C=O) groups excluding carboxylic acids is 1. The number of nitrogens with zero attached hydrogens (tertiary/aromatic N) is 1. The number of amides is 1. The molecule has 0 aliphatic carbocycles. The maximum atomic E-state index is 11.2. The van der Waals surface area contributed by atoms with E-state index in [1.807, 2.05) is 26.0 Å². The van der Waals surface area contributed by atoms with Gasteiger partial charge in [0.25, 0.3) is 0 Å². The summed E-state index contributed by atoms with van der Waals surface area (Å²) in [5, 5.41) is 5.66. The smallest absolute Gasteiger partial charge is 0.241 e. The first-order valence-electron chi connectivity index (χ1n) is 4.54. The minimum atomic E-state index is -0.234. The first-order valence-corrected chi connectivity index (χ1v) is 4.54. The summed E-state index contributed by atoms with van der Waals surface area (Å²) in [6, 6.07) is 3.51. The third-order valence-corrected chi connectivity index (χ3v) is 1.92. The molecule has 1 heterocycles. The standard InChI is InChI=1S/C10H15N3O/c1-7-6-9(4-5-12-7)13-8(2)10(14)11-3/h4-6,8H,1-3H3,(H,11,14)(H,12,13)/t8-/m0/s1. The number of carbonyl (C=O) groups is 1. The van der Waals surface area contributed by atoms with Crippen LogP contribution in [0.15, 0.2) is 18.3 Å². The number of aryl methyl sites for hydroxylation is 1. The molecule has 1 aromatic rings. The molecule has 1 rings (SSSR count). The lowest BCUT2D eigenvalue weighted by atomic mass is 10.2. The first-order chi connectivity index (χ1) is 6.63. The summed E-state index contributed by atoms with van der Waals surface area (Å²) >= 11 is 0. The molecule has 1 atom stereocenters. The van der Waals surface area contributed by atoms with Crippen LogP contribution in [0.25, 0.3) is 0 Å². The van der Waals surface area contributed by atoms with Crippen molar-refractivity contribution in [2.24, 2.45) is 0 Å². The maximum absolute atomic E-state index is 11.2. The van der Waals surface area contributed by atoms with E-state index in [0.717, 1.165) is 11.4 Å². The molecule has 0 aliphatic heterocycles. The number of pyridine rings is 1. The maximum Gasteiger partial charge on any atom is 0.241 e. The molecule has 0 unspecified atom stereocenters. The number of rotatable bonds is 3. The van der Waals surface area contributed by atoms with Crippen molar-refractivity contribution in [1.29, 1.82) is 0 Å². The lowest BCUT2D eigenvalue weighted by Gasteiger charge is -2.13. The summed E-state index contributed by atoms with van der Waals surface area (Å²) in [5.74, 6) is -0.0283. The zero-order chi connectivity index (χ0) is 10.6. The largest absolute Gasteiger partial charge is 0.374 e. The van der Waals surface area contributed by atoms with Gasteiger partial charge in [-0.25, -0.2) is 0 Å². The molecular formula is C10H15N3O. The van der Waals surface area contributed by atoms with Crippen molar-refractivity contribution in [1.82, 2.24) is 10.3 Å². The molecule has 2 N–H and O–H groups in total. The van der Waals surface area contributed by atoms with Crippen LogP contribution < -0.4 is 10.6 Å². The van der Waals surface area contributed by atoms with Crippen LogP contribution in [-0.4, -0.2) is 24.0 Å². The van der Waals surface area contributed by atoms with Crippen molar-refractivity contribution >= 4 is 11.6 Å². The Morgan fingerprint density at radius 2 is 2.29 bits per heavy atom. The Kier molecular flexibility index (Phi) is 3.45. The summed E-state index contributed by atoms with van der Waals surface area (Å²) in [4.78, 5) is 15.3. The third-order valence-electron chi connectivity index (χ3n) is 1.92. The van der Waals surface area contributed by atoms with E-state index in [0.29, 0.717) is 0 Å². The molecule has 1 aromatic heterocycles. The molecule has 0 saturated carbocycles. The summed E-state index contributed by atoms with van der Waals surface area (Å²) in [6.07, 6.45) is 1.72. The predicted molar refractivity (Wildman–Crippen MR) is 56.1 cm³/mol. The minimum absolute atomic E-state index is 0.0283. The summed E-state index contributed by atoms with van der Waals surface area (Å²) in [5.41, 5.74) is 1.84. The molecule has 76 valence electrons. The van der Waals surface area contributed by atoms with E-state index >= 15 is 0 Å². The van der Waals surface area contributed by atoms with Crippen LogP contribution in [0.2, 0.25) is 0 Å². The van der Waals surface area contributed by atoms with E-state index in [9.17, 15) is 4.79 Å². The van der Waals surface area contributed by atoms with Crippen LogP contribution in [0, 0.1) is 6.92 Å². The normalized spacial score (nSPS) is 11.9. The Bertz CT molecular complexity index is 325. The second-order valence-electron chi connectivity index (χ2n) is 3.17. The molecule has 0 bridgehead atoms. The van der Waals surface area contributed by atoms with Crippen LogP contribution in [0.4, 0.5) is 5.69 Å². The number of likely N-dealkylation sites (N-methyl/N-ethyl adjacent to an activating group) is 1. The van der Waals surface area contributed by atoms with Crippen molar-refractivity contribution in [3.63, 3.8) is 0 Å². The molecule has 4 nitrogen and oxygen atoms in total. The fraction of sp³-hybridized carbons (Fsp3) is 0.400. The van der Waals surface area contributed by atoms with Crippen LogP contribution in [0.3, 0.4) is 0 Å². The SMILES string of the molecule is CNC(=O)[C@H](C)Nc1ccnc(C)c1. The van der Waals surface area contributed by atoms with Crippen LogP contribution >= 0.6 is 0 Å². The van der Waals surface area contributed by atoms with Gasteiger partial charge in [0.05, 0.1) is 0 Å². The first kappa shape index (κ1) is 10.5. The van der Waals surface area contributed by atoms with E-state index in [1.54, 1.807) is 13.2 Å². The number of anilines is 1. The minimum Gasteiger partial charge on any atom is -0.374 e. The highest BCUT2D eigenvalue weighted by molar-refractivity contribution is 5.83. The van der Waals surface area contributed by atoms with Crippen molar-refractivity contribution in [3.05, 3.63) is 24.0 Å². The second-order valence-corrected chi connectivity index (χ2v) is 3.17. The fourth-order valence-electron chi connectivity index (χ4n) is 1.17. The molecule has 14 heavy (non-hydrogen) atoms. The number of aromatic nitrogens is 1. The topological polar surface area (TPSA) is 54.0 Å². The van der Waals surface area contributed by atoms with E-state index in [2.05, 4.69) is 15.6 Å². The molecular weight excluding hydrogens is 178 g/mol. The van der Waals surface area contributed by atoms with Crippen LogP contribution in [-0.2, 0) is 4.79 Å². The van der Waals surface area contributed by atoms with Gasteiger partial charge in [0.1, 0.15) is 6.04 Å². The Hall–Kier alpha value is -1.58. The molecule has 0 saturated heterocycles. The Balaban J connectivity index is 2.64. The van der Waals surface area contributed by atoms with Gasteiger partial charge in [0, 0.05) is 24.6 Å². The molecule has 0 radical (unpaired) electrons. The van der Waals surface area contributed by atoms with Gasteiger partial charge < -0.3 is 10.6 Å². The van der Waals surface area contributed by atoms with Gasteiger partial charge in [0.15, 0.2) is 0 Å². The van der Waals surface area contributed by atoms with Gasteiger partial charge in [-0.05, 0) is 26.0 Å². The van der Waals surface area contributed by atoms with Gasteiger partial charge in [-0.2, -0.15) is 0 Å². The number of nitrogens with one attached hydrogen (secondary N) is 2. The summed E-state index contributed by atoms with van der Waals surface area (Å²) in [6.45, 7) is 3.73. The molecule has 0 aliphatic rings. The van der Waals surface area contributed by atoms with Crippen molar-refractivity contribution in [2.75, 3.05) is 12.4 Å². The average molecular weight is 193 g/mol. The summed E-state index contributed by atoms with van der Waals surface area (Å²) < 4.78 is 0. The second kappa shape index (κ2) is 4.60. The van der Waals surface area contributed by atoms with Crippen LogP contribution in [0.1, 0.15) is 12.6 Å². The highest BCUT2D eigenvalue weighted by atomic mass is 16.2. The van der Waals surface area contributed by atoms with Crippen molar-refractivity contribution in [2.45, 2.75) is 19.9 Å². The van der Waals surface area contributed by atoms with Gasteiger partial charge >= 0.3 is 0 Å². The van der Waals surface area contributed by atoms with E-state index in [-0.39, 0.29) is 11.9 Å². The van der Waals surface area contributed by atoms with Crippen molar-refractivity contribution < 1.29 is 4.79 Å². The molecule has 0 fully saturated rings. The van der Waals surface area contributed by atoms with Crippen LogP contribution in [0.5, 0.6) is 0 Å².